The molecule has 216 valence electrons. The molecule has 1 aromatic heterocycles. The molecular weight excluding hydrogens is 540 g/mol. The van der Waals surface area contributed by atoms with Crippen LogP contribution in [0.3, 0.4) is 0 Å². The molecule has 3 aliphatic rings. The molecule has 3 heterocycles. The first-order valence-electron chi connectivity index (χ1n) is 14.2. The number of aliphatic hydroxyl groups is 1. The third kappa shape index (κ3) is 5.68. The van der Waals surface area contributed by atoms with E-state index >= 15 is 0 Å². The number of rotatable bonds is 7. The minimum Gasteiger partial charge on any atom is -0.488 e. The van der Waals surface area contributed by atoms with Crippen LogP contribution in [0.15, 0.2) is 41.8 Å². The van der Waals surface area contributed by atoms with Crippen molar-refractivity contribution in [3.05, 3.63) is 64.0 Å². The quantitative estimate of drug-likeness (QED) is 0.388. The summed E-state index contributed by atoms with van der Waals surface area (Å²) in [5.74, 6) is 0.144. The van der Waals surface area contributed by atoms with Gasteiger partial charge in [-0.15, -0.1) is 11.3 Å². The van der Waals surface area contributed by atoms with Crippen molar-refractivity contribution in [2.75, 3.05) is 37.6 Å². The van der Waals surface area contributed by atoms with Gasteiger partial charge in [-0.1, -0.05) is 17.7 Å². The van der Waals surface area contributed by atoms with Gasteiger partial charge in [0.1, 0.15) is 18.6 Å². The zero-order valence-electron chi connectivity index (χ0n) is 23.4. The Labute approximate surface area is 243 Å². The molecule has 3 N–H and O–H groups in total. The van der Waals surface area contributed by atoms with Crippen LogP contribution < -0.4 is 15.0 Å². The van der Waals surface area contributed by atoms with E-state index < -0.39 is 12.2 Å². The molecule has 1 amide bonds. The van der Waals surface area contributed by atoms with Crippen LogP contribution in [-0.2, 0) is 11.4 Å². The molecule has 2 aromatic carbocycles. The normalized spacial score (nSPS) is 24.0. The van der Waals surface area contributed by atoms with Crippen LogP contribution >= 0.6 is 11.3 Å². The Balaban J connectivity index is 1.16. The molecule has 2 aliphatic heterocycles. The minimum absolute atomic E-state index is 0.0820. The van der Waals surface area contributed by atoms with E-state index in [1.807, 2.05) is 44.2 Å². The van der Waals surface area contributed by atoms with Gasteiger partial charge in [-0.3, -0.25) is 14.9 Å². The zero-order valence-corrected chi connectivity index (χ0v) is 24.2. The molecular formula is C31H36N4O5S. The number of anilines is 1. The molecule has 3 fully saturated rings. The van der Waals surface area contributed by atoms with Crippen molar-refractivity contribution in [2.45, 2.75) is 39.5 Å². The summed E-state index contributed by atoms with van der Waals surface area (Å²) < 4.78 is 6.33. The second-order valence-corrected chi connectivity index (χ2v) is 12.4. The topological polar surface area (TPSA) is 115 Å². The van der Waals surface area contributed by atoms with Gasteiger partial charge >= 0.3 is 5.97 Å². The van der Waals surface area contributed by atoms with Crippen molar-refractivity contribution in [1.29, 1.82) is 0 Å². The van der Waals surface area contributed by atoms with E-state index in [1.54, 1.807) is 16.2 Å². The minimum atomic E-state index is -0.696. The Bertz CT molecular complexity index is 1440. The number of benzene rings is 2. The maximum Gasteiger partial charge on any atom is 0.307 e. The number of thiazole rings is 1. The Morgan fingerprint density at radius 1 is 1.10 bits per heavy atom. The first kappa shape index (κ1) is 27.7. The number of aliphatic carboxylic acids is 1. The molecule has 41 heavy (non-hydrogen) atoms. The predicted molar refractivity (Wildman–Crippen MR) is 157 cm³/mol. The smallest absolute Gasteiger partial charge is 0.307 e. The number of hydrogen-bond donors (Lipinski definition) is 3. The van der Waals surface area contributed by atoms with Gasteiger partial charge in [0.25, 0.3) is 5.91 Å². The lowest BCUT2D eigenvalue weighted by Gasteiger charge is -2.35. The highest BCUT2D eigenvalue weighted by Crippen LogP contribution is 2.44. The van der Waals surface area contributed by atoms with Gasteiger partial charge in [-0.25, -0.2) is 4.98 Å². The maximum atomic E-state index is 12.9. The molecule has 2 bridgehead atoms. The number of aryl methyl sites for hydroxylation is 2. The molecule has 6 rings (SSSR count). The lowest BCUT2D eigenvalue weighted by atomic mass is 9.85. The summed E-state index contributed by atoms with van der Waals surface area (Å²) in [4.78, 5) is 33.6. The van der Waals surface area contributed by atoms with Gasteiger partial charge in [0.2, 0.25) is 0 Å². The molecule has 3 aromatic rings. The van der Waals surface area contributed by atoms with E-state index in [0.29, 0.717) is 25.3 Å². The number of amides is 1. The van der Waals surface area contributed by atoms with Crippen LogP contribution in [0.2, 0.25) is 0 Å². The van der Waals surface area contributed by atoms with Crippen LogP contribution in [0.25, 0.3) is 11.3 Å². The highest BCUT2D eigenvalue weighted by molar-refractivity contribution is 7.14. The lowest BCUT2D eigenvalue weighted by Crippen LogP contribution is -2.52. The Morgan fingerprint density at radius 2 is 1.88 bits per heavy atom. The van der Waals surface area contributed by atoms with Crippen molar-refractivity contribution < 1.29 is 24.5 Å². The van der Waals surface area contributed by atoms with Crippen molar-refractivity contribution in [3.63, 3.8) is 0 Å². The number of carboxylic acid groups (broad SMARTS) is 1. The van der Waals surface area contributed by atoms with Crippen LogP contribution in [-0.4, -0.2) is 70.9 Å². The largest absolute Gasteiger partial charge is 0.488 e. The summed E-state index contributed by atoms with van der Waals surface area (Å²) >= 11 is 1.60. The number of carbonyl (C=O) groups excluding carboxylic acids is 1. The van der Waals surface area contributed by atoms with Crippen molar-refractivity contribution in [1.82, 2.24) is 15.2 Å². The predicted octanol–water partition coefficient (Wildman–Crippen LogP) is 3.92. The summed E-state index contributed by atoms with van der Waals surface area (Å²) in [6.45, 7) is 7.27. The molecule has 0 spiro atoms. The summed E-state index contributed by atoms with van der Waals surface area (Å²) in [7, 11) is 0. The van der Waals surface area contributed by atoms with Crippen molar-refractivity contribution in [3.8, 4) is 17.0 Å². The first-order valence-corrected chi connectivity index (χ1v) is 15.1. The number of piperidine rings is 1. The van der Waals surface area contributed by atoms with Gasteiger partial charge in [-0.2, -0.15) is 0 Å². The monoisotopic (exact) mass is 576 g/mol. The Morgan fingerprint density at radius 3 is 2.59 bits per heavy atom. The summed E-state index contributed by atoms with van der Waals surface area (Å²) in [5.41, 5.74) is 5.45. The number of aromatic nitrogens is 1. The van der Waals surface area contributed by atoms with E-state index in [9.17, 15) is 19.8 Å². The highest BCUT2D eigenvalue weighted by atomic mass is 32.1. The SMILES string of the molecule is Cc1ccc(OCc2ccc(C(=O)N3CCNC(O)C3)cc2C)c(-c2csc(N3C[C@H]4CC[C@@H](C3)C4C(=O)O)n2)c1. The molecule has 0 radical (unpaired) electrons. The number of fused-ring (bicyclic) bond motifs is 2. The number of hydrogen-bond acceptors (Lipinski definition) is 8. The molecule has 1 aliphatic carbocycles. The number of β-amino-alcohol motifs (C(OH)–C–C–N with tert-alkyl or cyclic N) is 1. The van der Waals surface area contributed by atoms with Crippen molar-refractivity contribution in [2.24, 2.45) is 17.8 Å². The van der Waals surface area contributed by atoms with E-state index in [1.165, 1.54) is 0 Å². The summed E-state index contributed by atoms with van der Waals surface area (Å²) in [6.07, 6.45) is 1.25. The molecule has 1 saturated carbocycles. The van der Waals surface area contributed by atoms with Crippen molar-refractivity contribution >= 4 is 28.3 Å². The standard InChI is InChI=1S/C31H36N4O5S/c1-18-3-8-26(40-16-23-7-4-20(12-19(23)2)29(37)34-10-9-32-27(36)15-34)24(11-18)25-17-41-31(33-25)35-13-21-5-6-22(14-35)28(21)30(38)39/h3-4,7-8,11-12,17,21-22,27-28,32,36H,5-6,9-10,13-16H2,1-2H3,(H,38,39)/t21-,22+,27?,28?. The molecule has 9 nitrogen and oxygen atoms in total. The second-order valence-electron chi connectivity index (χ2n) is 11.5. The molecule has 10 heteroatoms. The lowest BCUT2D eigenvalue weighted by molar-refractivity contribution is -0.144. The fourth-order valence-electron chi connectivity index (χ4n) is 6.53. The van der Waals surface area contributed by atoms with Crippen LogP contribution in [0.5, 0.6) is 5.75 Å². The number of carboxylic acids is 1. The van der Waals surface area contributed by atoms with Gasteiger partial charge in [0.05, 0.1) is 18.2 Å². The molecule has 2 saturated heterocycles. The zero-order chi connectivity index (χ0) is 28.7. The van der Waals surface area contributed by atoms with Crippen LogP contribution in [0, 0.1) is 31.6 Å². The summed E-state index contributed by atoms with van der Waals surface area (Å²) in [6, 6.07) is 11.7. The second kappa shape index (κ2) is 11.4. The van der Waals surface area contributed by atoms with E-state index in [2.05, 4.69) is 21.7 Å². The third-order valence-electron chi connectivity index (χ3n) is 8.71. The average Bonchev–Trinajstić information content (AvgIpc) is 3.55. The fraction of sp³-hybridized carbons (Fsp3) is 0.452. The number of aliphatic hydroxyl groups excluding tert-OH is 1. The fourth-order valence-corrected chi connectivity index (χ4v) is 7.38. The van der Waals surface area contributed by atoms with Crippen LogP contribution in [0.4, 0.5) is 5.13 Å². The van der Waals surface area contributed by atoms with Crippen LogP contribution in [0.1, 0.15) is 39.9 Å². The molecule has 2 unspecified atom stereocenters. The average molecular weight is 577 g/mol. The number of piperazine rings is 1. The number of ether oxygens (including phenoxy) is 1. The number of carbonyl (C=O) groups is 2. The van der Waals surface area contributed by atoms with Gasteiger partial charge in [0, 0.05) is 42.7 Å². The highest BCUT2D eigenvalue weighted by Gasteiger charge is 2.46. The maximum absolute atomic E-state index is 12.9. The Kier molecular flexibility index (Phi) is 7.72. The van der Waals surface area contributed by atoms with Gasteiger partial charge in [0.15, 0.2) is 5.13 Å². The number of nitrogens with one attached hydrogen (secondary N) is 1. The van der Waals surface area contributed by atoms with E-state index in [4.69, 9.17) is 9.72 Å². The van der Waals surface area contributed by atoms with E-state index in [0.717, 1.165) is 64.8 Å². The third-order valence-corrected chi connectivity index (χ3v) is 9.61. The van der Waals surface area contributed by atoms with E-state index in [-0.39, 0.29) is 30.2 Å². The van der Waals surface area contributed by atoms with Gasteiger partial charge in [-0.05, 0) is 73.9 Å². The summed E-state index contributed by atoms with van der Waals surface area (Å²) in [5, 5.41) is 25.4. The van der Waals surface area contributed by atoms with Gasteiger partial charge < -0.3 is 24.7 Å². The Hall–Kier alpha value is -3.47. The number of nitrogens with zero attached hydrogens (tertiary/aromatic N) is 3. The first-order chi connectivity index (χ1) is 19.8. The molecule has 4 atom stereocenters.